The molecule has 2 fully saturated rings. The summed E-state index contributed by atoms with van der Waals surface area (Å²) in [6.07, 6.45) is -1.87. The fraction of sp³-hybridized carbons (Fsp3) is 0.400. The highest BCUT2D eigenvalue weighted by Crippen LogP contribution is 2.36. The monoisotopic (exact) mass is 584 g/mol. The number of hydrogen-bond donors (Lipinski definition) is 2. The fourth-order valence-electron chi connectivity index (χ4n) is 5.58. The Morgan fingerprint density at radius 3 is 2.07 bits per heavy atom. The van der Waals surface area contributed by atoms with Gasteiger partial charge in [0.2, 0.25) is 11.7 Å². The number of urea groups is 1. The number of alkyl halides is 3. The van der Waals surface area contributed by atoms with Gasteiger partial charge in [0.1, 0.15) is 0 Å². The number of amides is 3. The van der Waals surface area contributed by atoms with Crippen LogP contribution in [0.1, 0.15) is 59.8 Å². The second kappa shape index (κ2) is 12.3. The fourth-order valence-corrected chi connectivity index (χ4v) is 5.58. The van der Waals surface area contributed by atoms with Crippen LogP contribution in [0.5, 0.6) is 0 Å². The Balaban J connectivity index is 1.16. The molecule has 2 aromatic carbocycles. The molecule has 9 nitrogen and oxygen atoms in total. The van der Waals surface area contributed by atoms with Crippen LogP contribution in [0.3, 0.4) is 0 Å². The first-order valence-electron chi connectivity index (χ1n) is 13.9. The number of benzene rings is 2. The van der Waals surface area contributed by atoms with Gasteiger partial charge in [-0.05, 0) is 67.3 Å². The summed E-state index contributed by atoms with van der Waals surface area (Å²) < 4.78 is 45.8. The summed E-state index contributed by atoms with van der Waals surface area (Å²) in [6, 6.07) is 15.0. The first-order chi connectivity index (χ1) is 20.1. The van der Waals surface area contributed by atoms with Crippen molar-refractivity contribution in [2.45, 2.75) is 44.2 Å². The molecule has 0 atom stereocenters. The number of rotatable bonds is 6. The Hall–Kier alpha value is -4.35. The van der Waals surface area contributed by atoms with Crippen LogP contribution in [0.4, 0.5) is 23.7 Å². The number of carbonyl (C=O) groups is 3. The molecule has 0 saturated carbocycles. The van der Waals surface area contributed by atoms with Crippen LogP contribution in [0.25, 0.3) is 11.5 Å². The van der Waals surface area contributed by atoms with Gasteiger partial charge in [0, 0.05) is 43.9 Å². The third-order valence-corrected chi connectivity index (χ3v) is 7.87. The highest BCUT2D eigenvalue weighted by atomic mass is 19.4. The average Bonchev–Trinajstić information content (AvgIpc) is 3.45. The second-order valence-corrected chi connectivity index (χ2v) is 10.7. The van der Waals surface area contributed by atoms with Crippen molar-refractivity contribution >= 4 is 23.6 Å². The maximum atomic E-state index is 13.6. The Morgan fingerprint density at radius 2 is 1.50 bits per heavy atom. The van der Waals surface area contributed by atoms with Crippen LogP contribution in [0, 0.1) is 5.92 Å². The van der Waals surface area contributed by atoms with Gasteiger partial charge >= 0.3 is 18.2 Å². The van der Waals surface area contributed by atoms with Crippen molar-refractivity contribution in [1.82, 2.24) is 14.8 Å². The van der Waals surface area contributed by atoms with Gasteiger partial charge in [-0.1, -0.05) is 30.3 Å². The lowest BCUT2D eigenvalue weighted by atomic mass is 9.89. The highest BCUT2D eigenvalue weighted by Gasteiger charge is 2.42. The third-order valence-electron chi connectivity index (χ3n) is 7.87. The van der Waals surface area contributed by atoms with Gasteiger partial charge in [-0.25, -0.2) is 9.78 Å². The number of carbonyl (C=O) groups excluding carboxylic acids is 2. The van der Waals surface area contributed by atoms with Gasteiger partial charge in [-0.15, -0.1) is 0 Å². The normalized spacial score (nSPS) is 16.8. The van der Waals surface area contributed by atoms with Crippen LogP contribution in [-0.2, 0) is 11.0 Å². The van der Waals surface area contributed by atoms with Gasteiger partial charge < -0.3 is 24.6 Å². The van der Waals surface area contributed by atoms with E-state index in [1.165, 1.54) is 0 Å². The molecule has 2 aliphatic rings. The molecule has 3 heterocycles. The minimum Gasteiger partial charge on any atom is -0.481 e. The number of carboxylic acid groups (broad SMARTS) is 1. The molecule has 2 aliphatic heterocycles. The number of aromatic nitrogens is 1. The lowest BCUT2D eigenvalue weighted by Gasteiger charge is -2.38. The molecule has 2 N–H and O–H groups in total. The van der Waals surface area contributed by atoms with Crippen molar-refractivity contribution in [2.75, 3.05) is 31.5 Å². The smallest absolute Gasteiger partial charge is 0.452 e. The molecule has 5 rings (SSSR count). The lowest BCUT2D eigenvalue weighted by molar-refractivity contribution is -0.153. The van der Waals surface area contributed by atoms with Gasteiger partial charge in [0.05, 0.1) is 0 Å². The summed E-state index contributed by atoms with van der Waals surface area (Å²) in [5.74, 6) is -3.28. The topological polar surface area (TPSA) is 116 Å². The SMILES string of the molecule is O=C(O)CC1CCN(C(=O)N2CCC(c3ccc(NC(=O)c4nc(-c5ccccc5)oc4C(F)(F)F)cc3)CC2)CC1. The van der Waals surface area contributed by atoms with Gasteiger partial charge in [0.15, 0.2) is 5.69 Å². The van der Waals surface area contributed by atoms with Crippen LogP contribution in [0.2, 0.25) is 0 Å². The maximum absolute atomic E-state index is 13.6. The molecule has 0 aliphatic carbocycles. The molecule has 12 heteroatoms. The summed E-state index contributed by atoms with van der Waals surface area (Å²) in [4.78, 5) is 44.2. The van der Waals surface area contributed by atoms with Gasteiger partial charge in [-0.3, -0.25) is 9.59 Å². The summed E-state index contributed by atoms with van der Waals surface area (Å²) in [5, 5.41) is 11.5. The first-order valence-corrected chi connectivity index (χ1v) is 13.9. The molecule has 42 heavy (non-hydrogen) atoms. The number of likely N-dealkylation sites (tertiary alicyclic amines) is 2. The number of oxazole rings is 1. The molecule has 1 aromatic heterocycles. The highest BCUT2D eigenvalue weighted by molar-refractivity contribution is 6.04. The number of carboxylic acids is 1. The average molecular weight is 585 g/mol. The number of hydrogen-bond acceptors (Lipinski definition) is 5. The zero-order valence-corrected chi connectivity index (χ0v) is 22.8. The van der Waals surface area contributed by atoms with E-state index in [9.17, 15) is 27.6 Å². The van der Waals surface area contributed by atoms with E-state index in [1.807, 2.05) is 17.0 Å². The number of aliphatic carboxylic acids is 1. The van der Waals surface area contributed by atoms with Crippen LogP contribution < -0.4 is 5.32 Å². The molecule has 0 spiro atoms. The van der Waals surface area contributed by atoms with Crippen molar-refractivity contribution < 1.29 is 37.1 Å². The van der Waals surface area contributed by atoms with E-state index in [1.54, 1.807) is 47.4 Å². The van der Waals surface area contributed by atoms with Crippen molar-refractivity contribution in [2.24, 2.45) is 5.92 Å². The van der Waals surface area contributed by atoms with Gasteiger partial charge in [0.25, 0.3) is 5.91 Å². The molecule has 0 unspecified atom stereocenters. The minimum absolute atomic E-state index is 0.0122. The molecule has 0 bridgehead atoms. The van der Waals surface area contributed by atoms with Crippen molar-refractivity contribution in [3.8, 4) is 11.5 Å². The van der Waals surface area contributed by atoms with E-state index in [-0.39, 0.29) is 30.2 Å². The van der Waals surface area contributed by atoms with E-state index in [0.717, 1.165) is 18.4 Å². The van der Waals surface area contributed by atoms with Crippen molar-refractivity contribution in [3.63, 3.8) is 0 Å². The van der Waals surface area contributed by atoms with Crippen LogP contribution in [-0.4, -0.2) is 64.0 Å². The number of nitrogens with one attached hydrogen (secondary N) is 1. The molecule has 0 radical (unpaired) electrons. The summed E-state index contributed by atoms with van der Waals surface area (Å²) in [5.41, 5.74) is 0.812. The first kappa shape index (κ1) is 29.2. The summed E-state index contributed by atoms with van der Waals surface area (Å²) in [6.45, 7) is 2.31. The number of piperidine rings is 2. The minimum atomic E-state index is -4.90. The Bertz CT molecular complexity index is 1410. The van der Waals surface area contributed by atoms with E-state index < -0.39 is 29.5 Å². The van der Waals surface area contributed by atoms with Crippen molar-refractivity contribution in [3.05, 3.63) is 71.6 Å². The maximum Gasteiger partial charge on any atom is 0.452 e. The van der Waals surface area contributed by atoms with Crippen LogP contribution >= 0.6 is 0 Å². The number of halogens is 3. The lowest BCUT2D eigenvalue weighted by Crippen LogP contribution is -2.49. The molecular formula is C30H31F3N4O5. The Morgan fingerprint density at radius 1 is 0.905 bits per heavy atom. The Kier molecular flexibility index (Phi) is 8.51. The zero-order valence-electron chi connectivity index (χ0n) is 22.8. The summed E-state index contributed by atoms with van der Waals surface area (Å²) in [7, 11) is 0. The largest absolute Gasteiger partial charge is 0.481 e. The predicted octanol–water partition coefficient (Wildman–Crippen LogP) is 6.10. The number of anilines is 1. The predicted molar refractivity (Wildman–Crippen MR) is 147 cm³/mol. The van der Waals surface area contributed by atoms with Crippen LogP contribution in [0.15, 0.2) is 59.0 Å². The van der Waals surface area contributed by atoms with Crippen molar-refractivity contribution in [1.29, 1.82) is 0 Å². The quantitative estimate of drug-likeness (QED) is 0.362. The van der Waals surface area contributed by atoms with E-state index in [0.29, 0.717) is 50.3 Å². The third kappa shape index (κ3) is 6.75. The molecule has 2 saturated heterocycles. The zero-order chi connectivity index (χ0) is 29.9. The van der Waals surface area contributed by atoms with E-state index in [2.05, 4.69) is 10.3 Å². The standard InChI is InChI=1S/C30H31F3N4O5/c31-30(32,33)26-25(35-28(42-26)22-4-2-1-3-5-22)27(40)34-23-8-6-20(7-9-23)21-12-16-37(17-13-21)29(41)36-14-10-19(11-15-36)18-24(38)39/h1-9,19,21H,10-18H2,(H,34,40)(H,38,39). The van der Waals surface area contributed by atoms with E-state index >= 15 is 0 Å². The summed E-state index contributed by atoms with van der Waals surface area (Å²) >= 11 is 0. The number of nitrogens with zero attached hydrogens (tertiary/aromatic N) is 3. The molecule has 3 aromatic rings. The van der Waals surface area contributed by atoms with E-state index in [4.69, 9.17) is 9.52 Å². The molecule has 222 valence electrons. The molecule has 3 amide bonds. The van der Waals surface area contributed by atoms with Gasteiger partial charge in [-0.2, -0.15) is 13.2 Å². The molecular weight excluding hydrogens is 553 g/mol. The second-order valence-electron chi connectivity index (χ2n) is 10.7. The Labute approximate surface area is 240 Å².